The second-order valence-corrected chi connectivity index (χ2v) is 4.26. The Morgan fingerprint density at radius 3 is 2.71 bits per heavy atom. The van der Waals surface area contributed by atoms with Crippen LogP contribution in [0.2, 0.25) is 0 Å². The fourth-order valence-electron chi connectivity index (χ4n) is 1.95. The van der Waals surface area contributed by atoms with Crippen molar-refractivity contribution in [3.63, 3.8) is 0 Å². The molecule has 0 aliphatic carbocycles. The van der Waals surface area contributed by atoms with E-state index in [0.29, 0.717) is 19.5 Å². The third-order valence-corrected chi connectivity index (χ3v) is 2.91. The second kappa shape index (κ2) is 4.88. The first-order valence-corrected chi connectivity index (χ1v) is 5.74. The average Bonchev–Trinajstić information content (AvgIpc) is 2.80. The minimum absolute atomic E-state index is 0.00657. The van der Waals surface area contributed by atoms with Crippen LogP contribution in [0.4, 0.5) is 0 Å². The maximum Gasteiger partial charge on any atom is 0.246 e. The molecule has 0 aromatic heterocycles. The van der Waals surface area contributed by atoms with Crippen molar-refractivity contribution in [3.8, 4) is 6.19 Å². The highest BCUT2D eigenvalue weighted by atomic mass is 16.2. The lowest BCUT2D eigenvalue weighted by molar-refractivity contribution is -0.138. The van der Waals surface area contributed by atoms with Gasteiger partial charge >= 0.3 is 0 Å². The predicted molar refractivity (Wildman–Crippen MR) is 63.5 cm³/mol. The maximum absolute atomic E-state index is 12.0. The number of nitriles is 1. The normalized spacial score (nSPS) is 14.8. The van der Waals surface area contributed by atoms with Crippen LogP contribution in [0.1, 0.15) is 17.5 Å². The molecule has 0 N–H and O–H groups in total. The van der Waals surface area contributed by atoms with E-state index in [1.54, 1.807) is 5.01 Å². The molecular formula is C13H15N3O. The van der Waals surface area contributed by atoms with Gasteiger partial charge in [0.25, 0.3) is 0 Å². The van der Waals surface area contributed by atoms with Crippen LogP contribution >= 0.6 is 0 Å². The summed E-state index contributed by atoms with van der Waals surface area (Å²) in [5.41, 5.74) is 2.17. The summed E-state index contributed by atoms with van der Waals surface area (Å²) in [5.74, 6) is -0.00657. The molecule has 1 aromatic rings. The minimum Gasteiger partial charge on any atom is -0.273 e. The summed E-state index contributed by atoms with van der Waals surface area (Å²) >= 11 is 0. The number of hydrogen-bond acceptors (Lipinski definition) is 3. The van der Waals surface area contributed by atoms with Gasteiger partial charge in [0, 0.05) is 6.54 Å². The molecule has 1 aliphatic heterocycles. The van der Waals surface area contributed by atoms with Crippen molar-refractivity contribution in [1.82, 2.24) is 10.0 Å². The van der Waals surface area contributed by atoms with Crippen molar-refractivity contribution < 1.29 is 4.79 Å². The number of rotatable bonds is 2. The van der Waals surface area contributed by atoms with E-state index in [1.165, 1.54) is 10.6 Å². The average molecular weight is 229 g/mol. The minimum atomic E-state index is -0.00657. The number of amides is 1. The topological polar surface area (TPSA) is 47.3 Å². The van der Waals surface area contributed by atoms with Crippen LogP contribution in [0.5, 0.6) is 0 Å². The van der Waals surface area contributed by atoms with E-state index in [2.05, 4.69) is 0 Å². The van der Waals surface area contributed by atoms with E-state index >= 15 is 0 Å². The highest BCUT2D eigenvalue weighted by Gasteiger charge is 2.25. The van der Waals surface area contributed by atoms with Gasteiger partial charge in [0.1, 0.15) is 0 Å². The molecule has 0 radical (unpaired) electrons. The van der Waals surface area contributed by atoms with Crippen LogP contribution < -0.4 is 0 Å². The zero-order valence-corrected chi connectivity index (χ0v) is 9.89. The number of aryl methyl sites for hydroxylation is 1. The van der Waals surface area contributed by atoms with Gasteiger partial charge in [-0.3, -0.25) is 4.79 Å². The second-order valence-electron chi connectivity index (χ2n) is 4.26. The Morgan fingerprint density at radius 1 is 1.35 bits per heavy atom. The molecule has 4 nitrogen and oxygen atoms in total. The number of nitrogens with zero attached hydrogens (tertiary/aromatic N) is 3. The standard InChI is InChI=1S/C13H15N3O/c1-11-3-5-12(6-4-11)9-13(17)16-8-2-7-15(16)10-14/h3-6H,2,7-9H2,1H3. The first kappa shape index (κ1) is 11.5. The number of carbonyl (C=O) groups excluding carboxylic acids is 1. The van der Waals surface area contributed by atoms with Gasteiger partial charge in [0.15, 0.2) is 6.19 Å². The van der Waals surface area contributed by atoms with E-state index in [9.17, 15) is 4.79 Å². The van der Waals surface area contributed by atoms with E-state index in [-0.39, 0.29) is 5.91 Å². The van der Waals surface area contributed by atoms with Crippen molar-refractivity contribution in [3.05, 3.63) is 35.4 Å². The SMILES string of the molecule is Cc1ccc(CC(=O)N2CCCN2C#N)cc1. The quantitative estimate of drug-likeness (QED) is 0.721. The molecule has 0 atom stereocenters. The summed E-state index contributed by atoms with van der Waals surface area (Å²) in [6, 6.07) is 7.91. The maximum atomic E-state index is 12.0. The van der Waals surface area contributed by atoms with E-state index in [1.807, 2.05) is 37.4 Å². The van der Waals surface area contributed by atoms with Gasteiger partial charge in [-0.05, 0) is 18.9 Å². The van der Waals surface area contributed by atoms with Crippen molar-refractivity contribution in [1.29, 1.82) is 5.26 Å². The smallest absolute Gasteiger partial charge is 0.246 e. The molecule has 1 saturated heterocycles. The molecular weight excluding hydrogens is 214 g/mol. The predicted octanol–water partition coefficient (Wildman–Crippen LogP) is 1.47. The van der Waals surface area contributed by atoms with Crippen LogP contribution in [0.25, 0.3) is 0 Å². The fraction of sp³-hybridized carbons (Fsp3) is 0.385. The number of hydrazine groups is 1. The molecule has 1 amide bonds. The molecule has 1 heterocycles. The van der Waals surface area contributed by atoms with Gasteiger partial charge in [0.05, 0.1) is 13.0 Å². The Bertz CT molecular complexity index is 447. The van der Waals surface area contributed by atoms with Gasteiger partial charge < -0.3 is 0 Å². The van der Waals surface area contributed by atoms with Crippen molar-refractivity contribution in [2.75, 3.05) is 13.1 Å². The van der Waals surface area contributed by atoms with E-state index < -0.39 is 0 Å². The summed E-state index contributed by atoms with van der Waals surface area (Å²) in [6.07, 6.45) is 3.26. The van der Waals surface area contributed by atoms with Gasteiger partial charge in [-0.1, -0.05) is 29.8 Å². The third kappa shape index (κ3) is 2.56. The first-order chi connectivity index (χ1) is 8.20. The Balaban J connectivity index is 2.02. The van der Waals surface area contributed by atoms with Gasteiger partial charge in [-0.2, -0.15) is 5.26 Å². The number of hydrogen-bond donors (Lipinski definition) is 0. The molecule has 1 aromatic carbocycles. The summed E-state index contributed by atoms with van der Waals surface area (Å²) < 4.78 is 0. The molecule has 4 heteroatoms. The summed E-state index contributed by atoms with van der Waals surface area (Å²) in [4.78, 5) is 12.0. The first-order valence-electron chi connectivity index (χ1n) is 5.74. The van der Waals surface area contributed by atoms with Crippen molar-refractivity contribution in [2.45, 2.75) is 19.8 Å². The van der Waals surface area contributed by atoms with Crippen LogP contribution in [-0.2, 0) is 11.2 Å². The van der Waals surface area contributed by atoms with Crippen LogP contribution in [0.15, 0.2) is 24.3 Å². The molecule has 1 aliphatic rings. The Kier molecular flexibility index (Phi) is 3.29. The molecule has 17 heavy (non-hydrogen) atoms. The number of benzene rings is 1. The monoisotopic (exact) mass is 229 g/mol. The molecule has 0 bridgehead atoms. The van der Waals surface area contributed by atoms with Crippen molar-refractivity contribution in [2.24, 2.45) is 0 Å². The van der Waals surface area contributed by atoms with Crippen LogP contribution in [0.3, 0.4) is 0 Å². The van der Waals surface area contributed by atoms with Gasteiger partial charge in [-0.25, -0.2) is 10.0 Å². The lowest BCUT2D eigenvalue weighted by Crippen LogP contribution is -2.39. The summed E-state index contributed by atoms with van der Waals surface area (Å²) in [5, 5.41) is 11.9. The zero-order valence-electron chi connectivity index (χ0n) is 9.89. The summed E-state index contributed by atoms with van der Waals surface area (Å²) in [7, 11) is 0. The van der Waals surface area contributed by atoms with Crippen LogP contribution in [-0.4, -0.2) is 29.0 Å². The molecule has 0 saturated carbocycles. The third-order valence-electron chi connectivity index (χ3n) is 2.91. The van der Waals surface area contributed by atoms with E-state index in [0.717, 1.165) is 12.0 Å². The van der Waals surface area contributed by atoms with Gasteiger partial charge in [-0.15, -0.1) is 0 Å². The summed E-state index contributed by atoms with van der Waals surface area (Å²) in [6.45, 7) is 3.32. The molecule has 0 spiro atoms. The highest BCUT2D eigenvalue weighted by Crippen LogP contribution is 2.12. The van der Waals surface area contributed by atoms with Crippen molar-refractivity contribution >= 4 is 5.91 Å². The fourth-order valence-corrected chi connectivity index (χ4v) is 1.95. The zero-order chi connectivity index (χ0) is 12.3. The molecule has 1 fully saturated rings. The molecule has 88 valence electrons. The van der Waals surface area contributed by atoms with Gasteiger partial charge in [0.2, 0.25) is 5.91 Å². The Morgan fingerprint density at radius 2 is 2.06 bits per heavy atom. The van der Waals surface area contributed by atoms with E-state index in [4.69, 9.17) is 5.26 Å². The Hall–Kier alpha value is -2.02. The lowest BCUT2D eigenvalue weighted by Gasteiger charge is -2.22. The molecule has 0 unspecified atom stereocenters. The number of carbonyl (C=O) groups is 1. The lowest BCUT2D eigenvalue weighted by atomic mass is 10.1. The Labute approximate surface area is 101 Å². The largest absolute Gasteiger partial charge is 0.273 e. The highest BCUT2D eigenvalue weighted by molar-refractivity contribution is 5.78. The van der Waals surface area contributed by atoms with Crippen LogP contribution in [0, 0.1) is 18.4 Å². The molecule has 2 rings (SSSR count).